The molecule has 0 fully saturated rings. The van der Waals surface area contributed by atoms with Crippen LogP contribution in [0.4, 0.5) is 0 Å². The summed E-state index contributed by atoms with van der Waals surface area (Å²) in [7, 11) is 0. The Morgan fingerprint density at radius 1 is 0.929 bits per heavy atom. The number of hydrogen-bond donors (Lipinski definition) is 1. The number of nitrogens with zero attached hydrogens (tertiary/aromatic N) is 1. The highest BCUT2D eigenvalue weighted by atomic mass is 16.5. The number of benzene rings is 3. The highest BCUT2D eigenvalue weighted by Gasteiger charge is 2.23. The molecule has 140 valence electrons. The zero-order valence-electron chi connectivity index (χ0n) is 15.7. The van der Waals surface area contributed by atoms with Crippen LogP contribution in [0.25, 0.3) is 21.7 Å². The largest absolute Gasteiger partial charge is 0.485 e. The van der Waals surface area contributed by atoms with E-state index >= 15 is 0 Å². The maximum Gasteiger partial charge on any atom is 0.202 e. The molecule has 4 nitrogen and oxygen atoms in total. The van der Waals surface area contributed by atoms with Crippen molar-refractivity contribution in [2.75, 3.05) is 19.7 Å². The number of ether oxygens (including phenoxy) is 1. The van der Waals surface area contributed by atoms with E-state index in [-0.39, 0.29) is 12.4 Å². The number of fused-ring (bicyclic) bond motifs is 4. The number of carbonyl (C=O) groups is 1. The molecule has 28 heavy (non-hydrogen) atoms. The van der Waals surface area contributed by atoms with Crippen LogP contribution in [0.1, 0.15) is 16.1 Å². The van der Waals surface area contributed by atoms with Crippen LogP contribution in [0.5, 0.6) is 5.75 Å². The van der Waals surface area contributed by atoms with Crippen molar-refractivity contribution < 1.29 is 9.53 Å². The SMILES string of the molecule is O=C(COc1cccc2ccccc12)c1c2n(c3ccccc13)CCNCC2. The number of hydrogen-bond acceptors (Lipinski definition) is 3. The number of rotatable bonds is 4. The van der Waals surface area contributed by atoms with Crippen LogP contribution in [-0.2, 0) is 13.0 Å². The van der Waals surface area contributed by atoms with E-state index in [0.29, 0.717) is 0 Å². The van der Waals surface area contributed by atoms with Crippen molar-refractivity contribution in [1.29, 1.82) is 0 Å². The smallest absolute Gasteiger partial charge is 0.202 e. The number of ketones is 1. The van der Waals surface area contributed by atoms with Gasteiger partial charge in [0, 0.05) is 48.0 Å². The van der Waals surface area contributed by atoms with Crippen molar-refractivity contribution in [3.05, 3.63) is 78.0 Å². The molecular formula is C24H22N2O2. The lowest BCUT2D eigenvalue weighted by Crippen LogP contribution is -2.17. The van der Waals surface area contributed by atoms with Crippen LogP contribution in [-0.4, -0.2) is 30.0 Å². The van der Waals surface area contributed by atoms with Gasteiger partial charge in [-0.25, -0.2) is 0 Å². The summed E-state index contributed by atoms with van der Waals surface area (Å²) in [6.07, 6.45) is 0.851. The maximum atomic E-state index is 13.3. The molecule has 4 heteroatoms. The molecule has 3 aromatic carbocycles. The fourth-order valence-electron chi connectivity index (χ4n) is 4.24. The Hall–Kier alpha value is -3.11. The fraction of sp³-hybridized carbons (Fsp3) is 0.208. The third-order valence-corrected chi connectivity index (χ3v) is 5.52. The lowest BCUT2D eigenvalue weighted by atomic mass is 10.0. The van der Waals surface area contributed by atoms with Gasteiger partial charge in [0.1, 0.15) is 5.75 Å². The van der Waals surface area contributed by atoms with Gasteiger partial charge in [-0.3, -0.25) is 4.79 Å². The molecule has 0 amide bonds. The Morgan fingerprint density at radius 3 is 2.64 bits per heavy atom. The number of aromatic nitrogens is 1. The first-order chi connectivity index (χ1) is 13.8. The van der Waals surface area contributed by atoms with Crippen LogP contribution < -0.4 is 10.1 Å². The summed E-state index contributed by atoms with van der Waals surface area (Å²) in [5, 5.41) is 6.60. The third kappa shape index (κ3) is 2.86. The zero-order chi connectivity index (χ0) is 18.9. The van der Waals surface area contributed by atoms with Crippen molar-refractivity contribution >= 4 is 27.5 Å². The molecule has 1 N–H and O–H groups in total. The van der Waals surface area contributed by atoms with E-state index in [9.17, 15) is 4.79 Å². The van der Waals surface area contributed by atoms with E-state index < -0.39 is 0 Å². The van der Waals surface area contributed by atoms with Gasteiger partial charge in [0.2, 0.25) is 5.78 Å². The number of nitrogens with one attached hydrogen (secondary N) is 1. The molecule has 0 atom stereocenters. The second-order valence-corrected chi connectivity index (χ2v) is 7.18. The molecule has 2 heterocycles. The van der Waals surface area contributed by atoms with Crippen LogP contribution >= 0.6 is 0 Å². The summed E-state index contributed by atoms with van der Waals surface area (Å²) in [6, 6.07) is 22.2. The normalized spacial score (nSPS) is 14.0. The van der Waals surface area contributed by atoms with Crippen molar-refractivity contribution in [2.45, 2.75) is 13.0 Å². The standard InChI is InChI=1S/C24H22N2O2/c27-22(16-28-23-11-5-7-17-6-1-2-8-18(17)23)24-19-9-3-4-10-20(19)26-15-14-25-13-12-21(24)26/h1-11,25H,12-16H2. The van der Waals surface area contributed by atoms with E-state index in [4.69, 9.17) is 4.74 Å². The minimum absolute atomic E-state index is 0.0415. The Balaban J connectivity index is 1.50. The third-order valence-electron chi connectivity index (χ3n) is 5.52. The van der Waals surface area contributed by atoms with Gasteiger partial charge < -0.3 is 14.6 Å². The van der Waals surface area contributed by atoms with E-state index in [2.05, 4.69) is 34.1 Å². The Bertz CT molecular complexity index is 1170. The van der Waals surface area contributed by atoms with Gasteiger partial charge in [0.15, 0.2) is 6.61 Å². The lowest BCUT2D eigenvalue weighted by Gasteiger charge is -2.10. The first-order valence-electron chi connectivity index (χ1n) is 9.77. The van der Waals surface area contributed by atoms with Crippen LogP contribution in [0, 0.1) is 0 Å². The van der Waals surface area contributed by atoms with E-state index in [1.807, 2.05) is 42.5 Å². The molecule has 0 saturated carbocycles. The minimum Gasteiger partial charge on any atom is -0.485 e. The van der Waals surface area contributed by atoms with E-state index in [1.165, 1.54) is 0 Å². The van der Waals surface area contributed by atoms with Gasteiger partial charge >= 0.3 is 0 Å². The monoisotopic (exact) mass is 370 g/mol. The van der Waals surface area contributed by atoms with Crippen molar-refractivity contribution in [1.82, 2.24) is 9.88 Å². The number of carbonyl (C=O) groups excluding carboxylic acids is 1. The first-order valence-corrected chi connectivity index (χ1v) is 9.77. The quantitative estimate of drug-likeness (QED) is 0.548. The van der Waals surface area contributed by atoms with Crippen molar-refractivity contribution in [3.63, 3.8) is 0 Å². The summed E-state index contributed by atoms with van der Waals surface area (Å²) < 4.78 is 8.29. The zero-order valence-corrected chi connectivity index (χ0v) is 15.7. The number of Topliss-reactive ketones (excluding diaryl/α,β-unsaturated/α-hetero) is 1. The lowest BCUT2D eigenvalue weighted by molar-refractivity contribution is 0.0923. The molecule has 1 aliphatic rings. The van der Waals surface area contributed by atoms with Crippen LogP contribution in [0.15, 0.2) is 66.7 Å². The molecule has 0 unspecified atom stereocenters. The molecule has 0 bridgehead atoms. The fourth-order valence-corrected chi connectivity index (χ4v) is 4.24. The molecule has 0 radical (unpaired) electrons. The van der Waals surface area contributed by atoms with Crippen LogP contribution in [0.3, 0.4) is 0 Å². The van der Waals surface area contributed by atoms with Crippen molar-refractivity contribution in [3.8, 4) is 5.75 Å². The predicted octanol–water partition coefficient (Wildman–Crippen LogP) is 4.20. The van der Waals surface area contributed by atoms with E-state index in [0.717, 1.165) is 64.7 Å². The second kappa shape index (κ2) is 7.13. The molecule has 4 aromatic rings. The molecule has 0 spiro atoms. The minimum atomic E-state index is 0.0415. The highest BCUT2D eigenvalue weighted by molar-refractivity contribution is 6.10. The summed E-state index contributed by atoms with van der Waals surface area (Å²) in [6.45, 7) is 2.74. The topological polar surface area (TPSA) is 43.3 Å². The Morgan fingerprint density at radius 2 is 1.71 bits per heavy atom. The van der Waals surface area contributed by atoms with Crippen molar-refractivity contribution in [2.24, 2.45) is 0 Å². The summed E-state index contributed by atoms with van der Waals surface area (Å²) in [4.78, 5) is 13.3. The molecule has 1 aliphatic heterocycles. The summed E-state index contributed by atoms with van der Waals surface area (Å²) >= 11 is 0. The maximum absolute atomic E-state index is 13.3. The van der Waals surface area contributed by atoms with Gasteiger partial charge in [-0.15, -0.1) is 0 Å². The Kier molecular flexibility index (Phi) is 4.34. The van der Waals surface area contributed by atoms with Crippen LogP contribution in [0.2, 0.25) is 0 Å². The molecule has 0 saturated heterocycles. The highest BCUT2D eigenvalue weighted by Crippen LogP contribution is 2.29. The predicted molar refractivity (Wildman–Crippen MR) is 112 cm³/mol. The average molecular weight is 370 g/mol. The average Bonchev–Trinajstić information content (AvgIpc) is 2.87. The number of para-hydroxylation sites is 1. The molecular weight excluding hydrogens is 348 g/mol. The molecule has 1 aromatic heterocycles. The summed E-state index contributed by atoms with van der Waals surface area (Å²) in [5.41, 5.74) is 3.08. The van der Waals surface area contributed by atoms with Gasteiger partial charge in [0.05, 0.1) is 5.56 Å². The first kappa shape index (κ1) is 17.0. The second-order valence-electron chi connectivity index (χ2n) is 7.18. The summed E-state index contributed by atoms with van der Waals surface area (Å²) in [5.74, 6) is 0.794. The van der Waals surface area contributed by atoms with Gasteiger partial charge in [0.25, 0.3) is 0 Å². The van der Waals surface area contributed by atoms with Gasteiger partial charge in [-0.05, 0) is 17.5 Å². The van der Waals surface area contributed by atoms with E-state index in [1.54, 1.807) is 0 Å². The molecule has 5 rings (SSSR count). The molecule has 0 aliphatic carbocycles. The van der Waals surface area contributed by atoms with Gasteiger partial charge in [-0.2, -0.15) is 0 Å². The van der Waals surface area contributed by atoms with Gasteiger partial charge in [-0.1, -0.05) is 54.6 Å². The Labute approximate surface area is 163 Å².